The van der Waals surface area contributed by atoms with Gasteiger partial charge in [-0.1, -0.05) is 25.0 Å². The quantitative estimate of drug-likeness (QED) is 0.650. The number of carbonyl (C=O) groups is 3. The summed E-state index contributed by atoms with van der Waals surface area (Å²) in [7, 11) is 0. The Morgan fingerprint density at radius 1 is 1.25 bits per heavy atom. The normalized spacial score (nSPS) is 16.1. The molecule has 0 bridgehead atoms. The van der Waals surface area contributed by atoms with Gasteiger partial charge in [0.05, 0.1) is 0 Å². The number of nitrogens with two attached hydrogens (primary N) is 1. The number of halogens is 1. The van der Waals surface area contributed by atoms with Crippen molar-refractivity contribution in [2.75, 3.05) is 0 Å². The second kappa shape index (κ2) is 7.90. The molecule has 2 atom stereocenters. The molecule has 0 spiro atoms. The molecule has 1 fully saturated rings. The molecule has 1 saturated carbocycles. The van der Waals surface area contributed by atoms with E-state index in [0.29, 0.717) is 17.9 Å². The lowest BCUT2D eigenvalue weighted by Crippen LogP contribution is -2.53. The van der Waals surface area contributed by atoms with Crippen LogP contribution in [0.1, 0.15) is 31.7 Å². The number of carbonyl (C=O) groups excluding carboxylic acids is 3. The minimum Gasteiger partial charge on any atom is -0.368 e. The Kier molecular flexibility index (Phi) is 5.89. The number of primary amides is 1. The molecular formula is C17H22FN3O3. The second-order valence-electron chi connectivity index (χ2n) is 6.23. The Labute approximate surface area is 140 Å². The second-order valence-corrected chi connectivity index (χ2v) is 6.23. The van der Waals surface area contributed by atoms with Crippen molar-refractivity contribution in [2.45, 2.75) is 44.7 Å². The Bertz CT molecular complexity index is 631. The first-order valence-electron chi connectivity index (χ1n) is 7.96. The van der Waals surface area contributed by atoms with Crippen molar-refractivity contribution < 1.29 is 18.8 Å². The summed E-state index contributed by atoms with van der Waals surface area (Å²) in [5, 5.41) is 5.14. The van der Waals surface area contributed by atoms with Crippen LogP contribution in [0, 0.1) is 11.7 Å². The fourth-order valence-electron chi connectivity index (χ4n) is 2.56. The molecule has 1 aromatic carbocycles. The Morgan fingerprint density at radius 3 is 2.50 bits per heavy atom. The van der Waals surface area contributed by atoms with Crippen LogP contribution in [0.4, 0.5) is 4.39 Å². The van der Waals surface area contributed by atoms with E-state index in [1.54, 1.807) is 6.07 Å². The molecule has 0 radical (unpaired) electrons. The van der Waals surface area contributed by atoms with Gasteiger partial charge in [0.1, 0.15) is 17.9 Å². The first-order valence-corrected chi connectivity index (χ1v) is 7.96. The molecule has 0 aromatic heterocycles. The summed E-state index contributed by atoms with van der Waals surface area (Å²) in [6.45, 7) is 1.29. The highest BCUT2D eigenvalue weighted by atomic mass is 19.1. The average molecular weight is 335 g/mol. The molecular weight excluding hydrogens is 313 g/mol. The fourth-order valence-corrected chi connectivity index (χ4v) is 2.56. The summed E-state index contributed by atoms with van der Waals surface area (Å²) < 4.78 is 13.3. The molecule has 3 amide bonds. The topological polar surface area (TPSA) is 101 Å². The van der Waals surface area contributed by atoms with Crippen LogP contribution in [-0.2, 0) is 20.8 Å². The standard InChI is InChI=1S/C17H22FN3O3/c1-10(22)20-15(9-12-3-2-4-13(18)7-12)17(24)21-14(16(19)23)8-11-5-6-11/h2-4,7,11,14-15H,5-6,8-9H2,1H3,(H2,19,23)(H,20,22)(H,21,24)/t14-,15+/m0/s1. The first-order chi connectivity index (χ1) is 11.3. The fraction of sp³-hybridized carbons (Fsp3) is 0.471. The first kappa shape index (κ1) is 17.9. The number of hydrogen-bond acceptors (Lipinski definition) is 3. The zero-order valence-corrected chi connectivity index (χ0v) is 13.5. The summed E-state index contributed by atoms with van der Waals surface area (Å²) in [6, 6.07) is 4.15. The predicted molar refractivity (Wildman–Crippen MR) is 86.2 cm³/mol. The molecule has 24 heavy (non-hydrogen) atoms. The Balaban J connectivity index is 2.05. The zero-order chi connectivity index (χ0) is 17.7. The van der Waals surface area contributed by atoms with Crippen molar-refractivity contribution in [1.29, 1.82) is 0 Å². The van der Waals surface area contributed by atoms with Crippen molar-refractivity contribution in [1.82, 2.24) is 10.6 Å². The number of amides is 3. The molecule has 1 aliphatic rings. The average Bonchev–Trinajstić information content (AvgIpc) is 3.29. The molecule has 0 heterocycles. The third-order valence-electron chi connectivity index (χ3n) is 3.95. The highest BCUT2D eigenvalue weighted by Crippen LogP contribution is 2.33. The van der Waals surface area contributed by atoms with Gasteiger partial charge in [-0.25, -0.2) is 4.39 Å². The van der Waals surface area contributed by atoms with E-state index in [1.165, 1.54) is 25.1 Å². The van der Waals surface area contributed by atoms with Crippen molar-refractivity contribution in [3.05, 3.63) is 35.6 Å². The molecule has 0 saturated heterocycles. The Hall–Kier alpha value is -2.44. The maximum atomic E-state index is 13.3. The summed E-state index contributed by atoms with van der Waals surface area (Å²) in [5.41, 5.74) is 5.92. The van der Waals surface area contributed by atoms with Crippen molar-refractivity contribution in [3.63, 3.8) is 0 Å². The number of hydrogen-bond donors (Lipinski definition) is 3. The van der Waals surface area contributed by atoms with Gasteiger partial charge in [-0.2, -0.15) is 0 Å². The lowest BCUT2D eigenvalue weighted by atomic mass is 10.0. The lowest BCUT2D eigenvalue weighted by Gasteiger charge is -2.21. The van der Waals surface area contributed by atoms with Gasteiger partial charge in [-0.3, -0.25) is 14.4 Å². The van der Waals surface area contributed by atoms with Crippen LogP contribution in [-0.4, -0.2) is 29.8 Å². The van der Waals surface area contributed by atoms with Crippen LogP contribution in [0.2, 0.25) is 0 Å². The third kappa shape index (κ3) is 5.64. The minimum atomic E-state index is -0.898. The van der Waals surface area contributed by atoms with Gasteiger partial charge < -0.3 is 16.4 Å². The van der Waals surface area contributed by atoms with Gasteiger partial charge in [0.15, 0.2) is 0 Å². The molecule has 1 aromatic rings. The van der Waals surface area contributed by atoms with Gasteiger partial charge in [0, 0.05) is 13.3 Å². The highest BCUT2D eigenvalue weighted by Gasteiger charge is 2.31. The monoisotopic (exact) mass is 335 g/mol. The Morgan fingerprint density at radius 2 is 1.96 bits per heavy atom. The summed E-state index contributed by atoms with van der Waals surface area (Å²) in [4.78, 5) is 35.3. The van der Waals surface area contributed by atoms with Crippen molar-refractivity contribution in [2.24, 2.45) is 11.7 Å². The summed E-state index contributed by atoms with van der Waals surface area (Å²) in [6.07, 6.45) is 2.68. The van der Waals surface area contributed by atoms with Crippen LogP contribution >= 0.6 is 0 Å². The number of rotatable bonds is 8. The van der Waals surface area contributed by atoms with Crippen molar-refractivity contribution >= 4 is 17.7 Å². The molecule has 1 aliphatic carbocycles. The maximum absolute atomic E-state index is 13.3. The van der Waals surface area contributed by atoms with Gasteiger partial charge in [-0.05, 0) is 30.0 Å². The summed E-state index contributed by atoms with van der Waals surface area (Å²) >= 11 is 0. The van der Waals surface area contributed by atoms with Crippen LogP contribution in [0.5, 0.6) is 0 Å². The van der Waals surface area contributed by atoms with Crippen LogP contribution in [0.15, 0.2) is 24.3 Å². The molecule has 6 nitrogen and oxygen atoms in total. The maximum Gasteiger partial charge on any atom is 0.243 e. The number of nitrogens with one attached hydrogen (secondary N) is 2. The van der Waals surface area contributed by atoms with Crippen LogP contribution in [0.25, 0.3) is 0 Å². The van der Waals surface area contributed by atoms with Gasteiger partial charge in [0.2, 0.25) is 17.7 Å². The third-order valence-corrected chi connectivity index (χ3v) is 3.95. The van der Waals surface area contributed by atoms with E-state index < -0.39 is 29.7 Å². The van der Waals surface area contributed by atoms with Crippen molar-refractivity contribution in [3.8, 4) is 0 Å². The molecule has 130 valence electrons. The highest BCUT2D eigenvalue weighted by molar-refractivity contribution is 5.91. The molecule has 0 unspecified atom stereocenters. The minimum absolute atomic E-state index is 0.123. The van der Waals surface area contributed by atoms with E-state index in [1.807, 2.05) is 0 Å². The van der Waals surface area contributed by atoms with E-state index in [0.717, 1.165) is 12.8 Å². The van der Waals surface area contributed by atoms with Crippen LogP contribution < -0.4 is 16.4 Å². The van der Waals surface area contributed by atoms with E-state index >= 15 is 0 Å². The van der Waals surface area contributed by atoms with Gasteiger partial charge >= 0.3 is 0 Å². The molecule has 4 N–H and O–H groups in total. The largest absolute Gasteiger partial charge is 0.368 e. The smallest absolute Gasteiger partial charge is 0.243 e. The molecule has 7 heteroatoms. The zero-order valence-electron chi connectivity index (χ0n) is 13.5. The van der Waals surface area contributed by atoms with E-state index in [2.05, 4.69) is 10.6 Å². The van der Waals surface area contributed by atoms with Gasteiger partial charge in [-0.15, -0.1) is 0 Å². The molecule has 0 aliphatic heterocycles. The lowest BCUT2D eigenvalue weighted by molar-refractivity contribution is -0.131. The van der Waals surface area contributed by atoms with E-state index in [4.69, 9.17) is 5.73 Å². The van der Waals surface area contributed by atoms with Crippen LogP contribution in [0.3, 0.4) is 0 Å². The number of benzene rings is 1. The van der Waals surface area contributed by atoms with E-state index in [9.17, 15) is 18.8 Å². The van der Waals surface area contributed by atoms with E-state index in [-0.39, 0.29) is 12.3 Å². The molecule has 2 rings (SSSR count). The summed E-state index contributed by atoms with van der Waals surface area (Å²) in [5.74, 6) is -1.49. The SMILES string of the molecule is CC(=O)N[C@H](Cc1cccc(F)c1)C(=O)N[C@@H](CC1CC1)C(N)=O. The predicted octanol–water partition coefficient (Wildman–Crippen LogP) is 0.643. The van der Waals surface area contributed by atoms with Gasteiger partial charge in [0.25, 0.3) is 0 Å².